The highest BCUT2D eigenvalue weighted by Gasteiger charge is 2.32. The number of ether oxygens (including phenoxy) is 1. The smallest absolute Gasteiger partial charge is 0.153 e. The van der Waals surface area contributed by atoms with E-state index in [0.29, 0.717) is 24.3 Å². The van der Waals surface area contributed by atoms with Crippen LogP contribution in [0.4, 0.5) is 0 Å². The van der Waals surface area contributed by atoms with Gasteiger partial charge in [0.15, 0.2) is 16.1 Å². The zero-order valence-corrected chi connectivity index (χ0v) is 11.3. The van der Waals surface area contributed by atoms with E-state index >= 15 is 0 Å². The topological polar surface area (TPSA) is 78.3 Å². The third-order valence-corrected chi connectivity index (χ3v) is 5.48. The molecule has 0 radical (unpaired) electrons. The van der Waals surface area contributed by atoms with E-state index in [4.69, 9.17) is 4.74 Å². The summed E-state index contributed by atoms with van der Waals surface area (Å²) >= 11 is 0. The van der Waals surface area contributed by atoms with Crippen molar-refractivity contribution in [3.05, 3.63) is 17.5 Å². The average molecular weight is 284 g/mol. The lowest BCUT2D eigenvalue weighted by Crippen LogP contribution is -2.12. The Bertz CT molecular complexity index is 587. The molecule has 0 bridgehead atoms. The first-order valence-corrected chi connectivity index (χ1v) is 8.27. The minimum atomic E-state index is -2.95. The number of carbonyl (C=O) groups excluding carboxylic acids is 1. The molecule has 7 heteroatoms. The van der Waals surface area contributed by atoms with Gasteiger partial charge in [0.1, 0.15) is 11.8 Å². The Morgan fingerprint density at radius 3 is 2.84 bits per heavy atom. The summed E-state index contributed by atoms with van der Waals surface area (Å²) in [7, 11) is -2.95. The van der Waals surface area contributed by atoms with E-state index in [-0.39, 0.29) is 23.7 Å². The van der Waals surface area contributed by atoms with E-state index in [2.05, 4.69) is 5.10 Å². The van der Waals surface area contributed by atoms with Crippen molar-refractivity contribution in [1.82, 2.24) is 9.78 Å². The molecule has 0 aromatic carbocycles. The molecule has 0 spiro atoms. The minimum absolute atomic E-state index is 0.109. The summed E-state index contributed by atoms with van der Waals surface area (Å²) in [6.07, 6.45) is 4.68. The summed E-state index contributed by atoms with van der Waals surface area (Å²) in [4.78, 5) is 11.1. The van der Waals surface area contributed by atoms with E-state index in [1.165, 1.54) is 0 Å². The van der Waals surface area contributed by atoms with Gasteiger partial charge in [-0.05, 0) is 19.3 Å². The maximum atomic E-state index is 11.5. The van der Waals surface area contributed by atoms with Gasteiger partial charge in [0.25, 0.3) is 0 Å². The summed E-state index contributed by atoms with van der Waals surface area (Å²) < 4.78 is 30.2. The number of sulfone groups is 1. The second-order valence-electron chi connectivity index (χ2n) is 5.13. The molecule has 2 atom stereocenters. The summed E-state index contributed by atoms with van der Waals surface area (Å²) in [6, 6.07) is -0.154. The van der Waals surface area contributed by atoms with Gasteiger partial charge in [-0.15, -0.1) is 0 Å². The predicted molar refractivity (Wildman–Crippen MR) is 67.8 cm³/mol. The van der Waals surface area contributed by atoms with Gasteiger partial charge in [-0.25, -0.2) is 8.42 Å². The molecule has 6 nitrogen and oxygen atoms in total. The molecule has 2 aliphatic rings. The SMILES string of the molecule is O=Cc1cn(C2CCS(=O)(=O)C2)nc1C1CCCO1. The molecule has 1 aromatic heterocycles. The Morgan fingerprint density at radius 1 is 1.42 bits per heavy atom. The average Bonchev–Trinajstić information content (AvgIpc) is 3.05. The fourth-order valence-electron chi connectivity index (χ4n) is 2.73. The van der Waals surface area contributed by atoms with Crippen molar-refractivity contribution < 1.29 is 17.9 Å². The van der Waals surface area contributed by atoms with Crippen LogP contribution < -0.4 is 0 Å². The molecule has 104 valence electrons. The Hall–Kier alpha value is -1.21. The lowest BCUT2D eigenvalue weighted by Gasteiger charge is -2.09. The molecule has 3 heterocycles. The van der Waals surface area contributed by atoms with Crippen molar-refractivity contribution in [2.24, 2.45) is 0 Å². The van der Waals surface area contributed by atoms with Crippen LogP contribution in [-0.2, 0) is 14.6 Å². The Morgan fingerprint density at radius 2 is 2.26 bits per heavy atom. The first-order chi connectivity index (χ1) is 9.09. The number of rotatable bonds is 3. The van der Waals surface area contributed by atoms with Crippen LogP contribution in [0.15, 0.2) is 6.20 Å². The molecule has 2 unspecified atom stereocenters. The van der Waals surface area contributed by atoms with Gasteiger partial charge in [-0.3, -0.25) is 9.48 Å². The molecular formula is C12H16N2O4S. The molecule has 2 aliphatic heterocycles. The van der Waals surface area contributed by atoms with E-state index in [0.717, 1.165) is 19.1 Å². The molecule has 0 amide bonds. The van der Waals surface area contributed by atoms with Crippen molar-refractivity contribution in [3.8, 4) is 0 Å². The zero-order chi connectivity index (χ0) is 13.5. The van der Waals surface area contributed by atoms with Crippen LogP contribution in [-0.4, -0.2) is 42.6 Å². The predicted octanol–water partition coefficient (Wildman–Crippen LogP) is 0.907. The van der Waals surface area contributed by atoms with Crippen molar-refractivity contribution >= 4 is 16.1 Å². The van der Waals surface area contributed by atoms with Crippen LogP contribution in [0.1, 0.15) is 47.5 Å². The van der Waals surface area contributed by atoms with Crippen LogP contribution in [0.5, 0.6) is 0 Å². The van der Waals surface area contributed by atoms with Crippen molar-refractivity contribution in [3.63, 3.8) is 0 Å². The molecule has 0 saturated carbocycles. The maximum absolute atomic E-state index is 11.5. The Balaban J connectivity index is 1.89. The van der Waals surface area contributed by atoms with Crippen LogP contribution in [0.25, 0.3) is 0 Å². The zero-order valence-electron chi connectivity index (χ0n) is 10.5. The molecule has 0 N–H and O–H groups in total. The van der Waals surface area contributed by atoms with E-state index in [1.807, 2.05) is 0 Å². The van der Waals surface area contributed by atoms with E-state index in [9.17, 15) is 13.2 Å². The molecule has 2 fully saturated rings. The van der Waals surface area contributed by atoms with Gasteiger partial charge < -0.3 is 4.74 Å². The first kappa shape index (κ1) is 12.8. The fraction of sp³-hybridized carbons (Fsp3) is 0.667. The Kier molecular flexibility index (Phi) is 3.18. The standard InChI is InChI=1S/C12H16N2O4S/c15-7-9-6-14(10-3-5-19(16,17)8-10)13-12(9)11-2-1-4-18-11/h6-7,10-11H,1-5,8H2. The van der Waals surface area contributed by atoms with Crippen LogP contribution >= 0.6 is 0 Å². The number of hydrogen-bond acceptors (Lipinski definition) is 5. The highest BCUT2D eigenvalue weighted by Crippen LogP contribution is 2.31. The molecular weight excluding hydrogens is 268 g/mol. The summed E-state index contributed by atoms with van der Waals surface area (Å²) in [5.74, 6) is 0.307. The molecule has 3 rings (SSSR count). The second kappa shape index (κ2) is 4.72. The van der Waals surface area contributed by atoms with Gasteiger partial charge in [-0.1, -0.05) is 0 Å². The third kappa shape index (κ3) is 2.44. The quantitative estimate of drug-likeness (QED) is 0.771. The first-order valence-electron chi connectivity index (χ1n) is 6.45. The highest BCUT2D eigenvalue weighted by atomic mass is 32.2. The van der Waals surface area contributed by atoms with Gasteiger partial charge in [0.05, 0.1) is 23.1 Å². The van der Waals surface area contributed by atoms with Gasteiger partial charge in [0.2, 0.25) is 0 Å². The number of carbonyl (C=O) groups is 1. The third-order valence-electron chi connectivity index (χ3n) is 3.73. The summed E-state index contributed by atoms with van der Waals surface area (Å²) in [6.45, 7) is 0.688. The van der Waals surface area contributed by atoms with E-state index in [1.54, 1.807) is 10.9 Å². The van der Waals surface area contributed by atoms with Crippen molar-refractivity contribution in [2.75, 3.05) is 18.1 Å². The largest absolute Gasteiger partial charge is 0.372 e. The highest BCUT2D eigenvalue weighted by molar-refractivity contribution is 7.91. The Labute approximate surface area is 111 Å². The normalized spacial score (nSPS) is 29.7. The lowest BCUT2D eigenvalue weighted by atomic mass is 10.1. The van der Waals surface area contributed by atoms with Gasteiger partial charge in [-0.2, -0.15) is 5.10 Å². The number of aromatic nitrogens is 2. The van der Waals surface area contributed by atoms with Gasteiger partial charge in [0, 0.05) is 12.8 Å². The minimum Gasteiger partial charge on any atom is -0.372 e. The van der Waals surface area contributed by atoms with Crippen LogP contribution in [0.3, 0.4) is 0 Å². The van der Waals surface area contributed by atoms with Crippen LogP contribution in [0, 0.1) is 0 Å². The van der Waals surface area contributed by atoms with Gasteiger partial charge >= 0.3 is 0 Å². The monoisotopic (exact) mass is 284 g/mol. The number of nitrogens with zero attached hydrogens (tertiary/aromatic N) is 2. The maximum Gasteiger partial charge on any atom is 0.153 e. The number of aldehydes is 1. The summed E-state index contributed by atoms with van der Waals surface area (Å²) in [5, 5.41) is 4.41. The molecule has 19 heavy (non-hydrogen) atoms. The van der Waals surface area contributed by atoms with E-state index < -0.39 is 9.84 Å². The fourth-order valence-corrected chi connectivity index (χ4v) is 4.43. The van der Waals surface area contributed by atoms with Crippen molar-refractivity contribution in [1.29, 1.82) is 0 Å². The van der Waals surface area contributed by atoms with Crippen molar-refractivity contribution in [2.45, 2.75) is 31.4 Å². The van der Waals surface area contributed by atoms with Crippen LogP contribution in [0.2, 0.25) is 0 Å². The number of hydrogen-bond donors (Lipinski definition) is 0. The summed E-state index contributed by atoms with van der Waals surface area (Å²) in [5.41, 5.74) is 1.16. The molecule has 2 saturated heterocycles. The molecule has 1 aromatic rings. The molecule has 0 aliphatic carbocycles. The second-order valence-corrected chi connectivity index (χ2v) is 7.35. The lowest BCUT2D eigenvalue weighted by molar-refractivity contribution is 0.103.